The highest BCUT2D eigenvalue weighted by molar-refractivity contribution is 5.99. The van der Waals surface area contributed by atoms with Crippen LogP contribution in [0.5, 0.6) is 0 Å². The molecule has 5 heteroatoms. The van der Waals surface area contributed by atoms with E-state index in [1.165, 1.54) is 11.1 Å². The SMILES string of the molecule is Cn1ccn2ncc(C(=O)N3CCc4ccccc4CC3)c12. The van der Waals surface area contributed by atoms with Crippen LogP contribution in [0.25, 0.3) is 5.65 Å². The second-order valence-electron chi connectivity index (χ2n) is 5.80. The van der Waals surface area contributed by atoms with E-state index in [-0.39, 0.29) is 5.91 Å². The first-order valence-electron chi connectivity index (χ1n) is 7.59. The van der Waals surface area contributed by atoms with E-state index < -0.39 is 0 Å². The summed E-state index contributed by atoms with van der Waals surface area (Å²) in [6.07, 6.45) is 7.29. The lowest BCUT2D eigenvalue weighted by atomic mass is 10.0. The van der Waals surface area contributed by atoms with Crippen LogP contribution in [0.3, 0.4) is 0 Å². The topological polar surface area (TPSA) is 42.5 Å². The molecule has 2 aromatic heterocycles. The van der Waals surface area contributed by atoms with Crippen molar-refractivity contribution >= 4 is 11.6 Å². The Morgan fingerprint density at radius 2 is 1.77 bits per heavy atom. The summed E-state index contributed by atoms with van der Waals surface area (Å²) in [6, 6.07) is 8.47. The minimum absolute atomic E-state index is 0.0737. The van der Waals surface area contributed by atoms with Gasteiger partial charge < -0.3 is 9.47 Å². The first-order chi connectivity index (χ1) is 10.7. The molecule has 0 fully saturated rings. The second-order valence-corrected chi connectivity index (χ2v) is 5.80. The summed E-state index contributed by atoms with van der Waals surface area (Å²) >= 11 is 0. The third kappa shape index (κ3) is 2.01. The zero-order valence-corrected chi connectivity index (χ0v) is 12.6. The van der Waals surface area contributed by atoms with Crippen LogP contribution in [-0.4, -0.2) is 38.1 Å². The van der Waals surface area contributed by atoms with E-state index in [2.05, 4.69) is 29.4 Å². The maximum atomic E-state index is 12.9. The lowest BCUT2D eigenvalue weighted by molar-refractivity contribution is 0.0764. The van der Waals surface area contributed by atoms with Crippen LogP contribution in [0.4, 0.5) is 0 Å². The Bertz CT molecular complexity index is 818. The monoisotopic (exact) mass is 294 g/mol. The predicted molar refractivity (Wildman–Crippen MR) is 83.9 cm³/mol. The predicted octanol–water partition coefficient (Wildman–Crippen LogP) is 1.91. The van der Waals surface area contributed by atoms with Gasteiger partial charge in [-0.1, -0.05) is 24.3 Å². The molecule has 0 saturated carbocycles. The Morgan fingerprint density at radius 3 is 2.45 bits per heavy atom. The second kappa shape index (κ2) is 5.02. The maximum absolute atomic E-state index is 12.9. The zero-order valence-electron chi connectivity index (χ0n) is 12.6. The van der Waals surface area contributed by atoms with Gasteiger partial charge in [-0.15, -0.1) is 0 Å². The van der Waals surface area contributed by atoms with Crippen LogP contribution in [0.1, 0.15) is 21.5 Å². The smallest absolute Gasteiger partial charge is 0.259 e. The van der Waals surface area contributed by atoms with Crippen LogP contribution in [0, 0.1) is 0 Å². The fraction of sp³-hybridized carbons (Fsp3) is 0.294. The molecule has 0 spiro atoms. The third-order valence-electron chi connectivity index (χ3n) is 4.47. The average Bonchev–Trinajstić information content (AvgIpc) is 3.04. The first kappa shape index (κ1) is 13.1. The number of hydrogen-bond acceptors (Lipinski definition) is 2. The molecule has 0 bridgehead atoms. The zero-order chi connectivity index (χ0) is 15.1. The highest BCUT2D eigenvalue weighted by atomic mass is 16.2. The molecule has 4 rings (SSSR count). The normalized spacial score (nSPS) is 14.9. The molecule has 0 atom stereocenters. The Labute approximate surface area is 128 Å². The number of amides is 1. The molecule has 3 aromatic rings. The van der Waals surface area contributed by atoms with E-state index in [9.17, 15) is 4.79 Å². The number of aryl methyl sites for hydroxylation is 1. The van der Waals surface area contributed by atoms with E-state index in [4.69, 9.17) is 0 Å². The maximum Gasteiger partial charge on any atom is 0.259 e. The molecule has 0 N–H and O–H groups in total. The van der Waals surface area contributed by atoms with Gasteiger partial charge in [-0.3, -0.25) is 4.79 Å². The number of benzene rings is 1. The summed E-state index contributed by atoms with van der Waals surface area (Å²) in [5.41, 5.74) is 4.25. The first-order valence-corrected chi connectivity index (χ1v) is 7.59. The van der Waals surface area contributed by atoms with Crippen LogP contribution < -0.4 is 0 Å². The standard InChI is InChI=1S/C17H18N4O/c1-19-10-11-21-16(19)15(12-18-21)17(22)20-8-6-13-4-2-3-5-14(13)7-9-20/h2-5,10-12H,6-9H2,1H3. The van der Waals surface area contributed by atoms with E-state index in [1.54, 1.807) is 10.7 Å². The molecule has 3 heterocycles. The quantitative estimate of drug-likeness (QED) is 0.688. The van der Waals surface area contributed by atoms with Gasteiger partial charge in [0, 0.05) is 32.5 Å². The molecule has 1 amide bonds. The minimum Gasteiger partial charge on any atom is -0.338 e. The van der Waals surface area contributed by atoms with Crippen molar-refractivity contribution in [2.24, 2.45) is 7.05 Å². The van der Waals surface area contributed by atoms with Gasteiger partial charge in [-0.2, -0.15) is 5.10 Å². The molecule has 112 valence electrons. The van der Waals surface area contributed by atoms with Crippen molar-refractivity contribution < 1.29 is 4.79 Å². The highest BCUT2D eigenvalue weighted by Gasteiger charge is 2.23. The van der Waals surface area contributed by atoms with Gasteiger partial charge in [-0.05, 0) is 24.0 Å². The molecule has 0 aliphatic carbocycles. The number of carbonyl (C=O) groups is 1. The number of imidazole rings is 1. The molecule has 0 radical (unpaired) electrons. The van der Waals surface area contributed by atoms with Gasteiger partial charge in [0.2, 0.25) is 0 Å². The number of carbonyl (C=O) groups excluding carboxylic acids is 1. The fourth-order valence-corrected chi connectivity index (χ4v) is 3.24. The van der Waals surface area contributed by atoms with E-state index in [1.807, 2.05) is 28.9 Å². The van der Waals surface area contributed by atoms with Crippen molar-refractivity contribution in [2.45, 2.75) is 12.8 Å². The summed E-state index contributed by atoms with van der Waals surface area (Å²) < 4.78 is 3.69. The van der Waals surface area contributed by atoms with Crippen molar-refractivity contribution in [1.29, 1.82) is 0 Å². The van der Waals surface area contributed by atoms with Gasteiger partial charge in [0.1, 0.15) is 11.2 Å². The number of fused-ring (bicyclic) bond motifs is 2. The number of nitrogens with zero attached hydrogens (tertiary/aromatic N) is 4. The largest absolute Gasteiger partial charge is 0.338 e. The molecule has 0 saturated heterocycles. The van der Waals surface area contributed by atoms with Crippen LogP contribution in [0.15, 0.2) is 42.9 Å². The Balaban J connectivity index is 1.63. The summed E-state index contributed by atoms with van der Waals surface area (Å²) in [6.45, 7) is 1.52. The van der Waals surface area contributed by atoms with Gasteiger partial charge in [0.05, 0.1) is 6.20 Å². The number of aromatic nitrogens is 3. The van der Waals surface area contributed by atoms with Crippen molar-refractivity contribution in [3.8, 4) is 0 Å². The summed E-state index contributed by atoms with van der Waals surface area (Å²) in [4.78, 5) is 14.8. The third-order valence-corrected chi connectivity index (χ3v) is 4.47. The van der Waals surface area contributed by atoms with Crippen molar-refractivity contribution in [2.75, 3.05) is 13.1 Å². The van der Waals surface area contributed by atoms with E-state index in [0.717, 1.165) is 31.6 Å². The lowest BCUT2D eigenvalue weighted by Crippen LogP contribution is -2.33. The fourth-order valence-electron chi connectivity index (χ4n) is 3.24. The molecule has 22 heavy (non-hydrogen) atoms. The molecule has 5 nitrogen and oxygen atoms in total. The molecule has 1 aromatic carbocycles. The summed E-state index contributed by atoms with van der Waals surface area (Å²) in [5, 5.41) is 4.27. The summed E-state index contributed by atoms with van der Waals surface area (Å²) in [7, 11) is 1.94. The molecule has 1 aliphatic heterocycles. The van der Waals surface area contributed by atoms with Crippen molar-refractivity contribution in [1.82, 2.24) is 19.1 Å². The Kier molecular flexibility index (Phi) is 2.99. The van der Waals surface area contributed by atoms with Crippen LogP contribution in [-0.2, 0) is 19.9 Å². The summed E-state index contributed by atoms with van der Waals surface area (Å²) in [5.74, 6) is 0.0737. The number of rotatable bonds is 1. The highest BCUT2D eigenvalue weighted by Crippen LogP contribution is 2.19. The minimum atomic E-state index is 0.0737. The molecule has 0 unspecified atom stereocenters. The van der Waals surface area contributed by atoms with Crippen LogP contribution in [0.2, 0.25) is 0 Å². The molecule has 1 aliphatic rings. The van der Waals surface area contributed by atoms with Crippen LogP contribution >= 0.6 is 0 Å². The van der Waals surface area contributed by atoms with Gasteiger partial charge >= 0.3 is 0 Å². The molecular formula is C17H18N4O. The molecular weight excluding hydrogens is 276 g/mol. The Morgan fingerprint density at radius 1 is 1.09 bits per heavy atom. The van der Waals surface area contributed by atoms with Crippen molar-refractivity contribution in [3.63, 3.8) is 0 Å². The number of hydrogen-bond donors (Lipinski definition) is 0. The van der Waals surface area contributed by atoms with Gasteiger partial charge in [0.15, 0.2) is 0 Å². The van der Waals surface area contributed by atoms with Gasteiger partial charge in [-0.25, -0.2) is 4.52 Å². The van der Waals surface area contributed by atoms with E-state index in [0.29, 0.717) is 5.56 Å². The lowest BCUT2D eigenvalue weighted by Gasteiger charge is -2.19. The average molecular weight is 294 g/mol. The Hall–Kier alpha value is -2.56. The van der Waals surface area contributed by atoms with Crippen molar-refractivity contribution in [3.05, 3.63) is 59.5 Å². The van der Waals surface area contributed by atoms with E-state index >= 15 is 0 Å². The van der Waals surface area contributed by atoms with Gasteiger partial charge in [0.25, 0.3) is 5.91 Å².